The Labute approximate surface area is 179 Å². The number of para-hydroxylation sites is 1. The van der Waals surface area contributed by atoms with Crippen LogP contribution >= 0.6 is 0 Å². The number of hydrogen-bond donors (Lipinski definition) is 1. The van der Waals surface area contributed by atoms with E-state index >= 15 is 0 Å². The Kier molecular flexibility index (Phi) is 4.00. The third-order valence-electron chi connectivity index (χ3n) is 5.77. The lowest BCUT2D eigenvalue weighted by atomic mass is 9.76. The quantitative estimate of drug-likeness (QED) is 0.389. The predicted molar refractivity (Wildman–Crippen MR) is 115 cm³/mol. The molecular formula is C23H18N2O5S. The average Bonchev–Trinajstić information content (AvgIpc) is 3.16. The normalized spacial score (nSPS) is 19.4. The van der Waals surface area contributed by atoms with Crippen LogP contribution in [0.4, 0.5) is 11.4 Å². The van der Waals surface area contributed by atoms with Crippen LogP contribution in [0.3, 0.4) is 0 Å². The van der Waals surface area contributed by atoms with Gasteiger partial charge in [-0.3, -0.25) is 9.52 Å². The van der Waals surface area contributed by atoms with Gasteiger partial charge in [0.1, 0.15) is 5.75 Å². The van der Waals surface area contributed by atoms with Crippen molar-refractivity contribution in [2.24, 2.45) is 0 Å². The van der Waals surface area contributed by atoms with Crippen LogP contribution in [0.2, 0.25) is 0 Å². The predicted octanol–water partition coefficient (Wildman–Crippen LogP) is 2.98. The SMILES string of the molecule is Cc1ccc(S(=O)(=O)Nc2ccc3c(c2)[C@@]2(C(=O)O3)C(=O)N(C)c3ccccc32)cc1. The highest BCUT2D eigenvalue weighted by Gasteiger charge is 2.62. The Morgan fingerprint density at radius 2 is 1.65 bits per heavy atom. The monoisotopic (exact) mass is 434 g/mol. The van der Waals surface area contributed by atoms with Gasteiger partial charge in [-0.15, -0.1) is 0 Å². The number of amides is 1. The zero-order valence-electron chi connectivity index (χ0n) is 16.7. The van der Waals surface area contributed by atoms with Gasteiger partial charge < -0.3 is 9.64 Å². The molecule has 0 saturated heterocycles. The number of benzene rings is 3. The van der Waals surface area contributed by atoms with Gasteiger partial charge in [0.2, 0.25) is 5.41 Å². The van der Waals surface area contributed by atoms with Crippen molar-refractivity contribution in [2.75, 3.05) is 16.7 Å². The zero-order chi connectivity index (χ0) is 22.0. The van der Waals surface area contributed by atoms with E-state index < -0.39 is 27.3 Å². The van der Waals surface area contributed by atoms with Crippen molar-refractivity contribution in [3.63, 3.8) is 0 Å². The number of fused-ring (bicyclic) bond motifs is 4. The van der Waals surface area contributed by atoms with Gasteiger partial charge >= 0.3 is 5.97 Å². The number of aryl methyl sites for hydroxylation is 1. The summed E-state index contributed by atoms with van der Waals surface area (Å²) in [5.41, 5.74) is 0.982. The molecule has 2 heterocycles. The molecule has 8 heteroatoms. The molecule has 7 nitrogen and oxygen atoms in total. The smallest absolute Gasteiger partial charge is 0.336 e. The summed E-state index contributed by atoms with van der Waals surface area (Å²) in [5, 5.41) is 0. The fraction of sp³-hybridized carbons (Fsp3) is 0.130. The van der Waals surface area contributed by atoms with Gasteiger partial charge in [-0.2, -0.15) is 0 Å². The van der Waals surface area contributed by atoms with E-state index in [-0.39, 0.29) is 16.3 Å². The number of anilines is 2. The lowest BCUT2D eigenvalue weighted by Crippen LogP contribution is -2.44. The number of nitrogens with zero attached hydrogens (tertiary/aromatic N) is 1. The Bertz CT molecular complexity index is 1360. The van der Waals surface area contributed by atoms with E-state index in [2.05, 4.69) is 4.72 Å². The molecule has 0 saturated carbocycles. The van der Waals surface area contributed by atoms with Crippen molar-refractivity contribution >= 4 is 33.3 Å². The summed E-state index contributed by atoms with van der Waals surface area (Å²) in [7, 11) is -2.25. The average molecular weight is 434 g/mol. The molecule has 1 N–H and O–H groups in total. The highest BCUT2D eigenvalue weighted by Crippen LogP contribution is 2.53. The fourth-order valence-corrected chi connectivity index (χ4v) is 5.26. The van der Waals surface area contributed by atoms with Crippen LogP contribution in [0.25, 0.3) is 0 Å². The van der Waals surface area contributed by atoms with Gasteiger partial charge in [-0.25, -0.2) is 13.2 Å². The Balaban J connectivity index is 1.62. The number of rotatable bonds is 3. The van der Waals surface area contributed by atoms with Gasteiger partial charge in [-0.05, 0) is 43.3 Å². The number of likely N-dealkylation sites (N-methyl/N-ethyl adjacent to an activating group) is 1. The second kappa shape index (κ2) is 6.42. The van der Waals surface area contributed by atoms with Crippen LogP contribution in [-0.2, 0) is 25.0 Å². The second-order valence-corrected chi connectivity index (χ2v) is 9.33. The summed E-state index contributed by atoms with van der Waals surface area (Å²) < 4.78 is 33.6. The van der Waals surface area contributed by atoms with E-state index in [4.69, 9.17) is 4.74 Å². The summed E-state index contributed by atoms with van der Waals surface area (Å²) in [5.74, 6) is -0.888. The minimum absolute atomic E-state index is 0.114. The summed E-state index contributed by atoms with van der Waals surface area (Å²) >= 11 is 0. The molecule has 2 aliphatic rings. The van der Waals surface area contributed by atoms with E-state index in [0.717, 1.165) is 5.56 Å². The van der Waals surface area contributed by atoms with Crippen LogP contribution < -0.4 is 14.4 Å². The Morgan fingerprint density at radius 1 is 0.935 bits per heavy atom. The standard InChI is InChI=1S/C23H18N2O5S/c1-14-7-10-16(11-8-14)31(28,29)24-15-9-12-20-18(13-15)23(22(27)30-20)17-5-3-4-6-19(17)25(2)21(23)26/h3-13,24H,1-2H3/t23-/m1/s1. The fourth-order valence-electron chi connectivity index (χ4n) is 4.21. The van der Waals surface area contributed by atoms with Crippen molar-refractivity contribution in [1.82, 2.24) is 0 Å². The van der Waals surface area contributed by atoms with Crippen LogP contribution in [0.5, 0.6) is 5.75 Å². The zero-order valence-corrected chi connectivity index (χ0v) is 17.6. The number of carbonyl (C=O) groups excluding carboxylic acids is 2. The van der Waals surface area contributed by atoms with E-state index in [1.807, 2.05) is 6.92 Å². The topological polar surface area (TPSA) is 92.8 Å². The molecule has 156 valence electrons. The van der Waals surface area contributed by atoms with Crippen LogP contribution in [0, 0.1) is 6.92 Å². The highest BCUT2D eigenvalue weighted by atomic mass is 32.2. The molecule has 0 fully saturated rings. The maximum absolute atomic E-state index is 13.3. The first-order valence-electron chi connectivity index (χ1n) is 9.59. The lowest BCUT2D eigenvalue weighted by Gasteiger charge is -2.19. The third-order valence-corrected chi connectivity index (χ3v) is 7.17. The van der Waals surface area contributed by atoms with Gasteiger partial charge in [0.25, 0.3) is 15.9 Å². The molecule has 1 amide bonds. The first-order chi connectivity index (χ1) is 14.7. The van der Waals surface area contributed by atoms with E-state index in [0.29, 0.717) is 16.8 Å². The number of nitrogens with one attached hydrogen (secondary N) is 1. The van der Waals surface area contributed by atoms with Crippen molar-refractivity contribution in [2.45, 2.75) is 17.2 Å². The number of sulfonamides is 1. The maximum atomic E-state index is 13.3. The van der Waals surface area contributed by atoms with Crippen LogP contribution in [0.15, 0.2) is 71.6 Å². The summed E-state index contributed by atoms with van der Waals surface area (Å²) in [6.07, 6.45) is 0. The molecule has 0 aliphatic carbocycles. The van der Waals surface area contributed by atoms with Crippen molar-refractivity contribution in [3.05, 3.63) is 83.4 Å². The van der Waals surface area contributed by atoms with Gasteiger partial charge in [-0.1, -0.05) is 35.9 Å². The lowest BCUT2D eigenvalue weighted by molar-refractivity contribution is -0.141. The molecule has 0 unspecified atom stereocenters. The number of ether oxygens (including phenoxy) is 1. The van der Waals surface area contributed by atoms with Gasteiger partial charge in [0.05, 0.1) is 4.90 Å². The molecule has 0 bridgehead atoms. The molecule has 3 aromatic rings. The summed E-state index contributed by atoms with van der Waals surface area (Å²) in [6, 6.07) is 18.0. The Hall–Kier alpha value is -3.65. The molecule has 1 spiro atoms. The molecule has 0 aromatic heterocycles. The minimum atomic E-state index is -3.85. The van der Waals surface area contributed by atoms with Gasteiger partial charge in [0, 0.05) is 29.5 Å². The van der Waals surface area contributed by atoms with Gasteiger partial charge in [0.15, 0.2) is 0 Å². The number of carbonyl (C=O) groups is 2. The van der Waals surface area contributed by atoms with E-state index in [9.17, 15) is 18.0 Å². The maximum Gasteiger partial charge on any atom is 0.336 e. The number of hydrogen-bond acceptors (Lipinski definition) is 5. The van der Waals surface area contributed by atoms with Crippen molar-refractivity contribution in [1.29, 1.82) is 0 Å². The van der Waals surface area contributed by atoms with E-state index in [1.165, 1.54) is 35.2 Å². The molecule has 1 atom stereocenters. The molecule has 5 rings (SSSR count). The van der Waals surface area contributed by atoms with Crippen LogP contribution in [-0.4, -0.2) is 27.3 Å². The second-order valence-electron chi connectivity index (χ2n) is 7.65. The van der Waals surface area contributed by atoms with Crippen molar-refractivity contribution in [3.8, 4) is 5.75 Å². The molecule has 0 radical (unpaired) electrons. The van der Waals surface area contributed by atoms with Crippen LogP contribution in [0.1, 0.15) is 16.7 Å². The van der Waals surface area contributed by atoms with Crippen molar-refractivity contribution < 1.29 is 22.7 Å². The molecule has 2 aliphatic heterocycles. The number of esters is 1. The summed E-state index contributed by atoms with van der Waals surface area (Å²) in [6.45, 7) is 1.87. The summed E-state index contributed by atoms with van der Waals surface area (Å²) in [4.78, 5) is 27.9. The molecule has 31 heavy (non-hydrogen) atoms. The third kappa shape index (κ3) is 2.61. The molecular weight excluding hydrogens is 416 g/mol. The first-order valence-corrected chi connectivity index (χ1v) is 11.1. The first kappa shape index (κ1) is 19.3. The highest BCUT2D eigenvalue weighted by molar-refractivity contribution is 7.92. The molecule has 3 aromatic carbocycles. The minimum Gasteiger partial charge on any atom is -0.425 e. The van der Waals surface area contributed by atoms with E-state index in [1.54, 1.807) is 43.4 Å². The Morgan fingerprint density at radius 3 is 2.39 bits per heavy atom. The largest absolute Gasteiger partial charge is 0.425 e.